The van der Waals surface area contributed by atoms with Gasteiger partial charge in [0.1, 0.15) is 17.3 Å². The van der Waals surface area contributed by atoms with E-state index in [0.29, 0.717) is 11.5 Å². The van der Waals surface area contributed by atoms with Gasteiger partial charge in [0, 0.05) is 68.3 Å². The highest BCUT2D eigenvalue weighted by atomic mass is 16.5. The minimum atomic E-state index is 0.704. The van der Waals surface area contributed by atoms with E-state index in [-0.39, 0.29) is 0 Å². The molecule has 7 nitrogen and oxygen atoms in total. The first-order valence-corrected chi connectivity index (χ1v) is 25.3. The van der Waals surface area contributed by atoms with Crippen LogP contribution in [-0.4, -0.2) is 23.3 Å². The zero-order valence-corrected chi connectivity index (χ0v) is 40.5. The van der Waals surface area contributed by atoms with Crippen molar-refractivity contribution in [2.24, 2.45) is 0 Å². The summed E-state index contributed by atoms with van der Waals surface area (Å²) in [4.78, 5) is 5.10. The Morgan fingerprint density at radius 1 is 0.400 bits per heavy atom. The molecule has 15 rings (SSSR count). The summed E-state index contributed by atoms with van der Waals surface area (Å²) in [6.45, 7) is 0. The topological polar surface area (TPSA) is 45.7 Å². The van der Waals surface area contributed by atoms with Crippen LogP contribution >= 0.6 is 0 Å². The number of pyridine rings is 1. The first-order valence-electron chi connectivity index (χ1n) is 25.3. The van der Waals surface area contributed by atoms with Crippen LogP contribution in [0.25, 0.3) is 116 Å². The van der Waals surface area contributed by atoms with Gasteiger partial charge in [-0.25, -0.2) is 4.98 Å². The monoisotopic (exact) mass is 960 g/mol. The second-order valence-electron chi connectivity index (χ2n) is 18.9. The largest absolute Gasteiger partial charge is 0.458 e. The molecular weight excluding hydrogens is 917 g/mol. The third kappa shape index (κ3) is 6.75. The number of benzene rings is 10. The van der Waals surface area contributed by atoms with E-state index in [2.05, 4.69) is 268 Å². The Kier molecular flexibility index (Phi) is 9.75. The first kappa shape index (κ1) is 42.4. The lowest BCUT2D eigenvalue weighted by Gasteiger charge is -2.16. The van der Waals surface area contributed by atoms with Gasteiger partial charge in [0.2, 0.25) is 0 Å². The Hall–Kier alpha value is -10.2. The third-order valence-electron chi connectivity index (χ3n) is 14.7. The number of ether oxygens (including phenoxy) is 1. The third-order valence-corrected chi connectivity index (χ3v) is 14.7. The molecule has 0 amide bonds. The zero-order chi connectivity index (χ0) is 49.4. The maximum absolute atomic E-state index is 6.95. The summed E-state index contributed by atoms with van der Waals surface area (Å²) < 4.78 is 18.4. The molecular formula is C68H44N6O. The molecule has 10 aromatic carbocycles. The van der Waals surface area contributed by atoms with Crippen LogP contribution in [0.4, 0.5) is 0 Å². The van der Waals surface area contributed by atoms with Gasteiger partial charge in [-0.1, -0.05) is 164 Å². The van der Waals surface area contributed by atoms with E-state index in [1.165, 1.54) is 10.8 Å². The fourth-order valence-corrected chi connectivity index (χ4v) is 11.6. The molecule has 0 N–H and O–H groups in total. The minimum absolute atomic E-state index is 0.704. The molecule has 5 heterocycles. The average molecular weight is 961 g/mol. The van der Waals surface area contributed by atoms with Crippen LogP contribution in [0.5, 0.6) is 11.5 Å². The molecule has 0 aliphatic heterocycles. The standard InChI is InChI=1S/C68H44N6O/c1-5-21-46(22-6-1)53-33-20-34-54(47-23-7-2-8-24-47)65(53)71-42-41-70(45-71)50-29-19-30-51(43-50)75-52-38-39-57-60(44-52)74(61-37-17-18-40-69-61)68-63-56-32-14-16-36-59(56)72(48-25-9-3-10-26-48)66(63)62-55-31-13-15-35-58(55)73(67(62)64(57)68)49-27-11-4-12-28-49/h1-44H. The summed E-state index contributed by atoms with van der Waals surface area (Å²) >= 11 is 0. The lowest BCUT2D eigenvalue weighted by Crippen LogP contribution is -2.28. The quantitative estimate of drug-likeness (QED) is 0.107. The lowest BCUT2D eigenvalue weighted by molar-refractivity contribution is -0.599. The number of hydrogen-bond donors (Lipinski definition) is 0. The molecule has 0 spiro atoms. The average Bonchev–Trinajstić information content (AvgIpc) is 4.43. The Morgan fingerprint density at radius 3 is 1.49 bits per heavy atom. The Morgan fingerprint density at radius 2 is 0.907 bits per heavy atom. The van der Waals surface area contributed by atoms with Gasteiger partial charge in [0.25, 0.3) is 6.33 Å². The van der Waals surface area contributed by atoms with Gasteiger partial charge in [-0.15, -0.1) is 0 Å². The number of aromatic nitrogens is 6. The molecule has 0 saturated heterocycles. The molecule has 0 unspecified atom stereocenters. The molecule has 0 atom stereocenters. The highest BCUT2D eigenvalue weighted by Gasteiger charge is 2.29. The molecule has 5 aromatic heterocycles. The van der Waals surface area contributed by atoms with Crippen molar-refractivity contribution in [3.63, 3.8) is 0 Å². The molecule has 75 heavy (non-hydrogen) atoms. The highest BCUT2D eigenvalue weighted by Crippen LogP contribution is 2.50. The van der Waals surface area contributed by atoms with Gasteiger partial charge < -0.3 is 13.9 Å². The maximum atomic E-state index is 6.95. The maximum Gasteiger partial charge on any atom is 0.268 e. The Labute approximate surface area is 431 Å². The second kappa shape index (κ2) is 17.2. The van der Waals surface area contributed by atoms with Gasteiger partial charge in [-0.05, 0) is 101 Å². The van der Waals surface area contributed by atoms with Gasteiger partial charge in [-0.2, -0.15) is 0 Å². The zero-order valence-electron chi connectivity index (χ0n) is 40.5. The second-order valence-corrected chi connectivity index (χ2v) is 18.9. The number of rotatable bonds is 9. The summed E-state index contributed by atoms with van der Waals surface area (Å²) in [5.74, 6) is 2.23. The molecule has 0 aliphatic rings. The summed E-state index contributed by atoms with van der Waals surface area (Å²) in [5, 5.41) is 6.94. The predicted octanol–water partition coefficient (Wildman–Crippen LogP) is 16.4. The van der Waals surface area contributed by atoms with E-state index in [0.717, 1.165) is 105 Å². The van der Waals surface area contributed by atoms with E-state index < -0.39 is 0 Å². The Bertz CT molecular complexity index is 4590. The summed E-state index contributed by atoms with van der Waals surface area (Å²) in [7, 11) is 0. The van der Waals surface area contributed by atoms with Crippen molar-refractivity contribution in [2.45, 2.75) is 0 Å². The van der Waals surface area contributed by atoms with Crippen molar-refractivity contribution in [3.05, 3.63) is 274 Å². The van der Waals surface area contributed by atoms with Gasteiger partial charge in [0.05, 0.1) is 44.5 Å². The van der Waals surface area contributed by atoms with E-state index in [9.17, 15) is 0 Å². The van der Waals surface area contributed by atoms with Crippen molar-refractivity contribution in [3.8, 4) is 62.3 Å². The van der Waals surface area contributed by atoms with Crippen molar-refractivity contribution in [1.82, 2.24) is 23.3 Å². The van der Waals surface area contributed by atoms with Crippen LogP contribution < -0.4 is 9.30 Å². The number of imidazole rings is 1. The van der Waals surface area contributed by atoms with Gasteiger partial charge >= 0.3 is 0 Å². The van der Waals surface area contributed by atoms with Crippen molar-refractivity contribution < 1.29 is 9.30 Å². The molecule has 0 bridgehead atoms. The molecule has 352 valence electrons. The van der Waals surface area contributed by atoms with Crippen molar-refractivity contribution in [2.75, 3.05) is 0 Å². The van der Waals surface area contributed by atoms with Crippen LogP contribution in [0.3, 0.4) is 0 Å². The SMILES string of the molecule is [c-]1n(-c2c(-c3ccccc3)cccc2-c2ccccc2)cc[n+]1-c1cccc(Oc2ccc3c4c5c(c6ccccc6n5-c5ccccc5)c5c(c6ccccc6n5-c5ccccc5)c4n(-c4ccccn4)c3c2)c1. The van der Waals surface area contributed by atoms with Crippen LogP contribution in [-0.2, 0) is 0 Å². The normalized spacial score (nSPS) is 11.7. The minimum Gasteiger partial charge on any atom is -0.458 e. The summed E-state index contributed by atoms with van der Waals surface area (Å²) in [5.41, 5.74) is 15.3. The lowest BCUT2D eigenvalue weighted by atomic mass is 9.96. The molecule has 0 fully saturated rings. The number of nitrogens with zero attached hydrogens (tertiary/aromatic N) is 6. The fourth-order valence-electron chi connectivity index (χ4n) is 11.6. The van der Waals surface area contributed by atoms with E-state index in [1.54, 1.807) is 0 Å². The van der Waals surface area contributed by atoms with E-state index in [1.807, 2.05) is 29.0 Å². The van der Waals surface area contributed by atoms with Gasteiger partial charge in [0.15, 0.2) is 0 Å². The molecule has 7 heteroatoms. The van der Waals surface area contributed by atoms with Crippen LogP contribution in [0.2, 0.25) is 0 Å². The molecule has 0 saturated carbocycles. The highest BCUT2D eigenvalue weighted by molar-refractivity contribution is 6.40. The van der Waals surface area contributed by atoms with Crippen molar-refractivity contribution in [1.29, 1.82) is 0 Å². The van der Waals surface area contributed by atoms with Crippen LogP contribution in [0.15, 0.2) is 267 Å². The summed E-state index contributed by atoms with van der Waals surface area (Å²) in [6.07, 6.45) is 9.68. The van der Waals surface area contributed by atoms with Crippen molar-refractivity contribution >= 4 is 65.4 Å². The smallest absolute Gasteiger partial charge is 0.268 e. The number of fused-ring (bicyclic) bond motifs is 12. The van der Waals surface area contributed by atoms with E-state index in [4.69, 9.17) is 9.72 Å². The van der Waals surface area contributed by atoms with E-state index >= 15 is 0 Å². The summed E-state index contributed by atoms with van der Waals surface area (Å²) in [6, 6.07) is 87.7. The Balaban J connectivity index is 0.945. The number of hydrogen-bond acceptors (Lipinski definition) is 2. The first-order chi connectivity index (χ1) is 37.2. The van der Waals surface area contributed by atoms with Gasteiger partial charge in [-0.3, -0.25) is 13.7 Å². The molecule has 0 aliphatic carbocycles. The van der Waals surface area contributed by atoms with Crippen LogP contribution in [0, 0.1) is 6.33 Å². The molecule has 0 radical (unpaired) electrons. The van der Waals surface area contributed by atoms with Crippen LogP contribution in [0.1, 0.15) is 0 Å². The predicted molar refractivity (Wildman–Crippen MR) is 304 cm³/mol. The fraction of sp³-hybridized carbons (Fsp3) is 0. The number of para-hydroxylation sites is 5. The molecule has 15 aromatic rings.